The van der Waals surface area contributed by atoms with Gasteiger partial charge in [-0.2, -0.15) is 0 Å². The molecule has 2 heterocycles. The zero-order chi connectivity index (χ0) is 24.4. The monoisotopic (exact) mass is 477 g/mol. The second-order valence-corrected chi connectivity index (χ2v) is 9.02. The van der Waals surface area contributed by atoms with E-state index in [1.165, 1.54) is 24.4 Å². The van der Waals surface area contributed by atoms with Crippen LogP contribution >= 0.6 is 11.8 Å². The van der Waals surface area contributed by atoms with Gasteiger partial charge in [-0.1, -0.05) is 30.0 Å². The zero-order valence-electron chi connectivity index (χ0n) is 19.8. The summed E-state index contributed by atoms with van der Waals surface area (Å²) in [6.07, 6.45) is 0.132. The van der Waals surface area contributed by atoms with Crippen LogP contribution in [0.4, 0.5) is 5.69 Å². The molecule has 0 saturated carbocycles. The number of rotatable bonds is 6. The highest BCUT2D eigenvalue weighted by Crippen LogP contribution is 2.45. The molecule has 0 bridgehead atoms. The fourth-order valence-electron chi connectivity index (χ4n) is 4.06. The lowest BCUT2D eigenvalue weighted by Crippen LogP contribution is -2.37. The van der Waals surface area contributed by atoms with E-state index in [-0.39, 0.29) is 12.3 Å². The van der Waals surface area contributed by atoms with Gasteiger partial charge in [-0.05, 0) is 67.1 Å². The molecule has 34 heavy (non-hydrogen) atoms. The van der Waals surface area contributed by atoms with E-state index >= 15 is 0 Å². The van der Waals surface area contributed by atoms with Gasteiger partial charge in [-0.3, -0.25) is 4.79 Å². The van der Waals surface area contributed by atoms with E-state index in [0.29, 0.717) is 22.2 Å². The number of nitrogens with one attached hydrogen (secondary N) is 1. The Morgan fingerprint density at radius 3 is 2.59 bits per heavy atom. The molecule has 0 aliphatic carbocycles. The van der Waals surface area contributed by atoms with E-state index in [9.17, 15) is 9.59 Å². The molecule has 0 fully saturated rings. The van der Waals surface area contributed by atoms with Crippen molar-refractivity contribution in [2.75, 3.05) is 19.5 Å². The molecule has 176 valence electrons. The molecular weight excluding hydrogens is 450 g/mol. The minimum Gasteiger partial charge on any atom is -0.497 e. The number of nitrogens with zero attached hydrogens (tertiary/aromatic N) is 2. The Balaban J connectivity index is 1.66. The van der Waals surface area contributed by atoms with E-state index in [0.717, 1.165) is 22.5 Å². The van der Waals surface area contributed by atoms with Crippen molar-refractivity contribution in [3.8, 4) is 5.75 Å². The zero-order valence-corrected chi connectivity index (χ0v) is 20.7. The number of methoxy groups -OCH3 is 2. The summed E-state index contributed by atoms with van der Waals surface area (Å²) in [7, 11) is 2.96. The smallest absolute Gasteiger partial charge is 0.338 e. The topological polar surface area (TPSA) is 80.2 Å². The number of fused-ring (bicyclic) bond motifs is 1. The number of benzene rings is 2. The molecule has 2 aromatic rings. The van der Waals surface area contributed by atoms with Crippen molar-refractivity contribution < 1.29 is 19.1 Å². The molecule has 2 aliphatic heterocycles. The SMILES string of the molecule is COC(=O)C1=C(C)N=C2SC=C(CC(=O)Nc3ccc(C)c(C)c3)N2C1c1cccc(OC)c1. The highest BCUT2D eigenvalue weighted by molar-refractivity contribution is 8.16. The summed E-state index contributed by atoms with van der Waals surface area (Å²) in [5.74, 6) is 0.0730. The third kappa shape index (κ3) is 4.59. The summed E-state index contributed by atoms with van der Waals surface area (Å²) in [6.45, 7) is 5.85. The molecule has 7 nitrogen and oxygen atoms in total. The van der Waals surface area contributed by atoms with Gasteiger partial charge in [-0.15, -0.1) is 0 Å². The molecule has 0 saturated heterocycles. The minimum atomic E-state index is -0.495. The molecule has 1 atom stereocenters. The van der Waals surface area contributed by atoms with Crippen LogP contribution in [-0.2, 0) is 14.3 Å². The maximum Gasteiger partial charge on any atom is 0.338 e. The van der Waals surface area contributed by atoms with Crippen LogP contribution in [0.3, 0.4) is 0 Å². The summed E-state index contributed by atoms with van der Waals surface area (Å²) in [6, 6.07) is 12.9. The lowest BCUT2D eigenvalue weighted by Gasteiger charge is -2.36. The number of thioether (sulfide) groups is 1. The number of carbonyl (C=O) groups excluding carboxylic acids is 2. The van der Waals surface area contributed by atoms with Gasteiger partial charge in [0.2, 0.25) is 5.91 Å². The Morgan fingerprint density at radius 2 is 1.88 bits per heavy atom. The van der Waals surface area contributed by atoms with E-state index in [2.05, 4.69) is 10.3 Å². The summed E-state index contributed by atoms with van der Waals surface area (Å²) >= 11 is 1.44. The number of aryl methyl sites for hydroxylation is 2. The van der Waals surface area contributed by atoms with Crippen LogP contribution in [-0.4, -0.2) is 36.2 Å². The number of aliphatic imine (C=N–C) groups is 1. The molecule has 4 rings (SSSR count). The van der Waals surface area contributed by atoms with Crippen LogP contribution in [0, 0.1) is 13.8 Å². The van der Waals surface area contributed by atoms with Gasteiger partial charge in [0.15, 0.2) is 5.17 Å². The first-order chi connectivity index (χ1) is 16.3. The van der Waals surface area contributed by atoms with Crippen molar-refractivity contribution in [2.45, 2.75) is 33.2 Å². The van der Waals surface area contributed by atoms with Gasteiger partial charge < -0.3 is 19.7 Å². The Bertz CT molecular complexity index is 1250. The first-order valence-electron chi connectivity index (χ1n) is 10.9. The summed E-state index contributed by atoms with van der Waals surface area (Å²) in [4.78, 5) is 32.4. The van der Waals surface area contributed by atoms with Crippen molar-refractivity contribution in [1.29, 1.82) is 0 Å². The molecule has 1 unspecified atom stereocenters. The van der Waals surface area contributed by atoms with Crippen LogP contribution in [0.5, 0.6) is 5.75 Å². The fraction of sp³-hybridized carbons (Fsp3) is 0.269. The highest BCUT2D eigenvalue weighted by Gasteiger charge is 2.41. The van der Waals surface area contributed by atoms with Crippen molar-refractivity contribution in [3.63, 3.8) is 0 Å². The van der Waals surface area contributed by atoms with Gasteiger partial charge in [0.05, 0.1) is 38.0 Å². The third-order valence-corrected chi connectivity index (χ3v) is 6.84. The second-order valence-electron chi connectivity index (χ2n) is 8.19. The standard InChI is InChI=1S/C26H27N3O4S/c1-15-9-10-19(11-16(15)2)28-22(30)13-20-14-34-26-27-17(3)23(25(31)33-5)24(29(20)26)18-7-6-8-21(12-18)32-4/h6-12,14,24H,13H2,1-5H3,(H,28,30). The van der Waals surface area contributed by atoms with Gasteiger partial charge >= 0.3 is 5.97 Å². The lowest BCUT2D eigenvalue weighted by molar-refractivity contribution is -0.136. The molecule has 0 radical (unpaired) electrons. The van der Waals surface area contributed by atoms with Crippen molar-refractivity contribution in [2.24, 2.45) is 4.99 Å². The number of ether oxygens (including phenoxy) is 2. The predicted octanol–water partition coefficient (Wildman–Crippen LogP) is 5.09. The Labute approximate surface area is 203 Å². The molecule has 1 amide bonds. The van der Waals surface area contributed by atoms with E-state index in [4.69, 9.17) is 9.47 Å². The van der Waals surface area contributed by atoms with E-state index in [1.807, 2.05) is 66.6 Å². The molecule has 1 N–H and O–H groups in total. The summed E-state index contributed by atoms with van der Waals surface area (Å²) in [5.41, 5.74) is 5.65. The largest absolute Gasteiger partial charge is 0.497 e. The molecule has 0 aromatic heterocycles. The minimum absolute atomic E-state index is 0.132. The van der Waals surface area contributed by atoms with Gasteiger partial charge in [0.25, 0.3) is 0 Å². The summed E-state index contributed by atoms with van der Waals surface area (Å²) < 4.78 is 10.5. The quantitative estimate of drug-likeness (QED) is 0.584. The maximum atomic E-state index is 13.0. The van der Waals surface area contributed by atoms with Gasteiger partial charge in [0, 0.05) is 11.4 Å². The van der Waals surface area contributed by atoms with E-state index < -0.39 is 12.0 Å². The van der Waals surface area contributed by atoms with Crippen molar-refractivity contribution in [1.82, 2.24) is 4.90 Å². The highest BCUT2D eigenvalue weighted by atomic mass is 32.2. The number of hydrogen-bond donors (Lipinski definition) is 1. The second kappa shape index (κ2) is 9.77. The fourth-order valence-corrected chi connectivity index (χ4v) is 5.02. The Morgan fingerprint density at radius 1 is 1.09 bits per heavy atom. The van der Waals surface area contributed by atoms with Crippen LogP contribution in [0.2, 0.25) is 0 Å². The molecule has 2 aromatic carbocycles. The Hall–Kier alpha value is -3.52. The van der Waals surface area contributed by atoms with Crippen molar-refractivity contribution >= 4 is 34.5 Å². The molecule has 8 heteroatoms. The number of hydrogen-bond acceptors (Lipinski definition) is 7. The number of amidine groups is 1. The normalized spacial score (nSPS) is 17.1. The number of carbonyl (C=O) groups is 2. The average molecular weight is 478 g/mol. The number of anilines is 1. The molecule has 2 aliphatic rings. The Kier molecular flexibility index (Phi) is 6.79. The third-order valence-electron chi connectivity index (χ3n) is 5.95. The van der Waals surface area contributed by atoms with Crippen LogP contribution in [0.25, 0.3) is 0 Å². The molecule has 0 spiro atoms. The number of amides is 1. The summed E-state index contributed by atoms with van der Waals surface area (Å²) in [5, 5.41) is 5.61. The van der Waals surface area contributed by atoms with Crippen LogP contribution in [0.1, 0.15) is 36.1 Å². The van der Waals surface area contributed by atoms with Crippen LogP contribution < -0.4 is 10.1 Å². The predicted molar refractivity (Wildman–Crippen MR) is 135 cm³/mol. The lowest BCUT2D eigenvalue weighted by atomic mass is 9.93. The van der Waals surface area contributed by atoms with Gasteiger partial charge in [-0.25, -0.2) is 9.79 Å². The van der Waals surface area contributed by atoms with Gasteiger partial charge in [0.1, 0.15) is 5.75 Å². The number of esters is 1. The average Bonchev–Trinajstić information content (AvgIpc) is 3.21. The molecular formula is C26H27N3O4S. The first kappa shape index (κ1) is 23.6. The maximum absolute atomic E-state index is 13.0. The number of allylic oxidation sites excluding steroid dienone is 1. The van der Waals surface area contributed by atoms with E-state index in [1.54, 1.807) is 14.0 Å². The first-order valence-corrected chi connectivity index (χ1v) is 11.7. The van der Waals surface area contributed by atoms with Crippen molar-refractivity contribution in [3.05, 3.63) is 81.5 Å². The van der Waals surface area contributed by atoms with Crippen LogP contribution in [0.15, 0.2) is 69.8 Å².